The molecule has 2 atom stereocenters. The Morgan fingerprint density at radius 3 is 2.66 bits per heavy atom. The van der Waals surface area contributed by atoms with Gasteiger partial charge < -0.3 is 9.64 Å². The van der Waals surface area contributed by atoms with Crippen LogP contribution >= 0.6 is 0 Å². The Morgan fingerprint density at radius 2 is 1.97 bits per heavy atom. The van der Waals surface area contributed by atoms with Gasteiger partial charge in [0.25, 0.3) is 5.56 Å². The summed E-state index contributed by atoms with van der Waals surface area (Å²) in [6.07, 6.45) is 1.01. The fourth-order valence-electron chi connectivity index (χ4n) is 3.40. The molecular formula is C18H18F2N6O3. The van der Waals surface area contributed by atoms with E-state index < -0.39 is 17.2 Å². The third-order valence-corrected chi connectivity index (χ3v) is 4.65. The highest BCUT2D eigenvalue weighted by atomic mass is 19.1. The zero-order valence-electron chi connectivity index (χ0n) is 15.7. The van der Waals surface area contributed by atoms with Crippen molar-refractivity contribution in [3.8, 4) is 5.69 Å². The summed E-state index contributed by atoms with van der Waals surface area (Å²) in [6, 6.07) is 2.94. The van der Waals surface area contributed by atoms with Crippen LogP contribution in [0.5, 0.6) is 0 Å². The lowest BCUT2D eigenvalue weighted by Gasteiger charge is -2.35. The van der Waals surface area contributed by atoms with Crippen LogP contribution in [0.25, 0.3) is 16.9 Å². The number of carbonyl (C=O) groups excluding carboxylic acids is 1. The fraction of sp³-hybridized carbons (Fsp3) is 0.389. The first-order chi connectivity index (χ1) is 13.8. The van der Waals surface area contributed by atoms with Gasteiger partial charge in [-0.3, -0.25) is 14.2 Å². The maximum absolute atomic E-state index is 14.1. The first-order valence-electron chi connectivity index (χ1n) is 9.03. The van der Waals surface area contributed by atoms with Crippen molar-refractivity contribution >= 4 is 17.1 Å². The lowest BCUT2D eigenvalue weighted by atomic mass is 10.2. The summed E-state index contributed by atoms with van der Waals surface area (Å²) >= 11 is 0. The van der Waals surface area contributed by atoms with Gasteiger partial charge in [-0.05, 0) is 26.0 Å². The third kappa shape index (κ3) is 3.60. The lowest BCUT2D eigenvalue weighted by molar-refractivity contribution is -0.143. The summed E-state index contributed by atoms with van der Waals surface area (Å²) in [7, 11) is 0. The molecule has 0 unspecified atom stereocenters. The predicted molar refractivity (Wildman–Crippen MR) is 97.4 cm³/mol. The van der Waals surface area contributed by atoms with Crippen LogP contribution in [0.1, 0.15) is 13.8 Å². The standard InChI is InChI=1S/C18H18F2N6O3/c1-10-6-24(7-11(2)29-10)15(27)8-25-9-21-17-16(18(25)28)22-23-26(17)14-4-3-12(19)5-13(14)20/h3-5,9-11H,6-8H2,1-2H3/t10-,11-/m0/s1. The molecular weight excluding hydrogens is 386 g/mol. The van der Waals surface area contributed by atoms with E-state index in [1.165, 1.54) is 12.4 Å². The number of fused-ring (bicyclic) bond motifs is 1. The van der Waals surface area contributed by atoms with Crippen LogP contribution in [0.3, 0.4) is 0 Å². The largest absolute Gasteiger partial charge is 0.372 e. The molecule has 11 heteroatoms. The van der Waals surface area contributed by atoms with Gasteiger partial charge in [0.05, 0.1) is 12.2 Å². The molecule has 0 N–H and O–H groups in total. The first-order valence-corrected chi connectivity index (χ1v) is 9.03. The van der Waals surface area contributed by atoms with Crippen molar-refractivity contribution in [1.29, 1.82) is 0 Å². The minimum atomic E-state index is -0.867. The second-order valence-electron chi connectivity index (χ2n) is 7.00. The highest BCUT2D eigenvalue weighted by Gasteiger charge is 2.26. The van der Waals surface area contributed by atoms with E-state index in [2.05, 4.69) is 15.3 Å². The molecule has 0 spiro atoms. The number of aromatic nitrogens is 5. The minimum absolute atomic E-state index is 0.0119. The van der Waals surface area contributed by atoms with Crippen molar-refractivity contribution in [2.45, 2.75) is 32.6 Å². The van der Waals surface area contributed by atoms with Crippen LogP contribution in [-0.2, 0) is 16.1 Å². The Balaban J connectivity index is 1.64. The molecule has 1 saturated heterocycles. The number of hydrogen-bond donors (Lipinski definition) is 0. The number of hydrogen-bond acceptors (Lipinski definition) is 6. The summed E-state index contributed by atoms with van der Waals surface area (Å²) in [5, 5.41) is 7.54. The van der Waals surface area contributed by atoms with Gasteiger partial charge in [-0.25, -0.2) is 13.8 Å². The molecule has 1 fully saturated rings. The average Bonchev–Trinajstić information content (AvgIpc) is 3.08. The Bertz CT molecular complexity index is 1130. The van der Waals surface area contributed by atoms with Gasteiger partial charge in [0.2, 0.25) is 5.91 Å². The molecule has 3 heterocycles. The van der Waals surface area contributed by atoms with E-state index in [1.807, 2.05) is 13.8 Å². The summed E-state index contributed by atoms with van der Waals surface area (Å²) in [4.78, 5) is 31.1. The second-order valence-corrected chi connectivity index (χ2v) is 7.00. The maximum Gasteiger partial charge on any atom is 0.284 e. The Kier molecular flexibility index (Phi) is 4.82. The lowest BCUT2D eigenvalue weighted by Crippen LogP contribution is -2.49. The monoisotopic (exact) mass is 404 g/mol. The number of rotatable bonds is 3. The van der Waals surface area contributed by atoms with E-state index in [0.29, 0.717) is 19.2 Å². The van der Waals surface area contributed by atoms with Crippen molar-refractivity contribution in [2.24, 2.45) is 0 Å². The van der Waals surface area contributed by atoms with Crippen molar-refractivity contribution in [3.63, 3.8) is 0 Å². The molecule has 152 valence electrons. The first kappa shape index (κ1) is 19.1. The van der Waals surface area contributed by atoms with Crippen molar-refractivity contribution in [2.75, 3.05) is 13.1 Å². The molecule has 0 aliphatic carbocycles. The number of amides is 1. The van der Waals surface area contributed by atoms with E-state index in [9.17, 15) is 18.4 Å². The van der Waals surface area contributed by atoms with Crippen LogP contribution in [0, 0.1) is 11.6 Å². The van der Waals surface area contributed by atoms with Gasteiger partial charge in [-0.15, -0.1) is 5.10 Å². The smallest absolute Gasteiger partial charge is 0.284 e. The number of nitrogens with zero attached hydrogens (tertiary/aromatic N) is 6. The summed E-state index contributed by atoms with van der Waals surface area (Å²) in [6.45, 7) is 4.42. The molecule has 1 amide bonds. The fourth-order valence-corrected chi connectivity index (χ4v) is 3.40. The van der Waals surface area contributed by atoms with Gasteiger partial charge in [0.1, 0.15) is 24.4 Å². The topological polar surface area (TPSA) is 95.1 Å². The molecule has 0 radical (unpaired) electrons. The van der Waals surface area contributed by atoms with Crippen molar-refractivity contribution in [1.82, 2.24) is 29.4 Å². The number of carbonyl (C=O) groups is 1. The molecule has 1 aliphatic rings. The van der Waals surface area contributed by atoms with Gasteiger partial charge in [-0.1, -0.05) is 5.21 Å². The quantitative estimate of drug-likeness (QED) is 0.644. The normalized spacial score (nSPS) is 19.7. The van der Waals surface area contributed by atoms with Gasteiger partial charge in [0, 0.05) is 19.2 Å². The zero-order chi connectivity index (χ0) is 20.7. The van der Waals surface area contributed by atoms with E-state index >= 15 is 0 Å². The van der Waals surface area contributed by atoms with E-state index in [4.69, 9.17) is 4.74 Å². The van der Waals surface area contributed by atoms with E-state index in [0.717, 1.165) is 15.3 Å². The number of halogens is 2. The molecule has 2 aromatic heterocycles. The summed E-state index contributed by atoms with van der Waals surface area (Å²) < 4.78 is 35.0. The average molecular weight is 404 g/mol. The van der Waals surface area contributed by atoms with Crippen LogP contribution in [-0.4, -0.2) is 60.6 Å². The molecule has 0 saturated carbocycles. The predicted octanol–water partition coefficient (Wildman–Crippen LogP) is 0.891. The van der Waals surface area contributed by atoms with Crippen molar-refractivity contribution < 1.29 is 18.3 Å². The van der Waals surface area contributed by atoms with E-state index in [1.54, 1.807) is 4.90 Å². The van der Waals surface area contributed by atoms with Crippen LogP contribution in [0.2, 0.25) is 0 Å². The minimum Gasteiger partial charge on any atom is -0.372 e. The number of benzene rings is 1. The Morgan fingerprint density at radius 1 is 1.24 bits per heavy atom. The van der Waals surface area contributed by atoms with Gasteiger partial charge in [0.15, 0.2) is 17.0 Å². The highest BCUT2D eigenvalue weighted by molar-refractivity contribution is 5.77. The summed E-state index contributed by atoms with van der Waals surface area (Å²) in [5.74, 6) is -1.85. The molecule has 9 nitrogen and oxygen atoms in total. The highest BCUT2D eigenvalue weighted by Crippen LogP contribution is 2.17. The zero-order valence-corrected chi connectivity index (χ0v) is 15.7. The number of morpholine rings is 1. The molecule has 3 aromatic rings. The van der Waals surface area contributed by atoms with E-state index in [-0.39, 0.29) is 41.5 Å². The molecule has 29 heavy (non-hydrogen) atoms. The SMILES string of the molecule is C[C@H]1CN(C(=O)Cn2cnc3c(nnn3-c3ccc(F)cc3F)c2=O)C[C@H](C)O1. The summed E-state index contributed by atoms with van der Waals surface area (Å²) in [5.41, 5.74) is -0.775. The van der Waals surface area contributed by atoms with Gasteiger partial charge >= 0.3 is 0 Å². The Hall–Kier alpha value is -3.21. The van der Waals surface area contributed by atoms with Crippen molar-refractivity contribution in [3.05, 3.63) is 46.5 Å². The van der Waals surface area contributed by atoms with Crippen LogP contribution < -0.4 is 5.56 Å². The second kappa shape index (κ2) is 7.32. The molecule has 1 aliphatic heterocycles. The van der Waals surface area contributed by atoms with Crippen LogP contribution in [0.15, 0.2) is 29.3 Å². The maximum atomic E-state index is 14.1. The molecule has 1 aromatic carbocycles. The Labute approximate surface area is 163 Å². The molecule has 4 rings (SSSR count). The third-order valence-electron chi connectivity index (χ3n) is 4.65. The van der Waals surface area contributed by atoms with Gasteiger partial charge in [-0.2, -0.15) is 4.68 Å². The van der Waals surface area contributed by atoms with Crippen LogP contribution in [0.4, 0.5) is 8.78 Å². The number of ether oxygens (including phenoxy) is 1. The molecule has 0 bridgehead atoms.